The van der Waals surface area contributed by atoms with Crippen molar-refractivity contribution in [2.75, 3.05) is 31.6 Å². The number of morpholine rings is 1. The zero-order valence-corrected chi connectivity index (χ0v) is 16.0. The predicted octanol–water partition coefficient (Wildman–Crippen LogP) is 4.08. The quantitative estimate of drug-likeness (QED) is 0.702. The van der Waals surface area contributed by atoms with Crippen LogP contribution in [0.1, 0.15) is 16.1 Å². The molecular weight excluding hydrogens is 378 g/mol. The maximum Gasteiger partial charge on any atom is 0.277 e. The van der Waals surface area contributed by atoms with Crippen LogP contribution in [0, 0.1) is 0 Å². The number of rotatable bonds is 5. The molecule has 0 atom stereocenters. The van der Waals surface area contributed by atoms with Crippen molar-refractivity contribution < 1.29 is 14.1 Å². The lowest BCUT2D eigenvalue weighted by Crippen LogP contribution is -2.35. The highest BCUT2D eigenvalue weighted by Gasteiger charge is 2.16. The molecule has 0 unspecified atom stereocenters. The van der Waals surface area contributed by atoms with Gasteiger partial charge in [-0.2, -0.15) is 0 Å². The molecule has 0 spiro atoms. The molecule has 7 heteroatoms. The number of hydrogen-bond acceptors (Lipinski definition) is 5. The summed E-state index contributed by atoms with van der Waals surface area (Å²) in [4.78, 5) is 14.8. The first-order valence-corrected chi connectivity index (χ1v) is 9.49. The molecule has 0 saturated carbocycles. The third-order valence-corrected chi connectivity index (χ3v) is 4.96. The number of halogens is 1. The predicted molar refractivity (Wildman–Crippen MR) is 107 cm³/mol. The Balaban J connectivity index is 1.42. The van der Waals surface area contributed by atoms with Crippen LogP contribution < -0.4 is 5.32 Å². The number of ether oxygens (including phenoxy) is 1. The van der Waals surface area contributed by atoms with Gasteiger partial charge in [0.25, 0.3) is 5.91 Å². The van der Waals surface area contributed by atoms with Crippen molar-refractivity contribution in [1.82, 2.24) is 10.1 Å². The third kappa shape index (κ3) is 4.42. The number of nitrogens with one attached hydrogen (secondary N) is 1. The Bertz CT molecular complexity index is 953. The van der Waals surface area contributed by atoms with Gasteiger partial charge in [-0.05, 0) is 17.7 Å². The Labute approximate surface area is 168 Å². The summed E-state index contributed by atoms with van der Waals surface area (Å²) in [6, 6.07) is 16.7. The lowest BCUT2D eigenvalue weighted by Gasteiger charge is -2.27. The van der Waals surface area contributed by atoms with E-state index in [1.54, 1.807) is 12.1 Å². The molecule has 1 aliphatic heterocycles. The second kappa shape index (κ2) is 8.56. The highest BCUT2D eigenvalue weighted by atomic mass is 35.5. The van der Waals surface area contributed by atoms with E-state index in [-0.39, 0.29) is 11.6 Å². The number of carbonyl (C=O) groups excluding carboxylic acids is 1. The molecule has 1 fully saturated rings. The first-order chi connectivity index (χ1) is 13.7. The van der Waals surface area contributed by atoms with Crippen LogP contribution in [-0.2, 0) is 11.3 Å². The molecule has 0 aliphatic carbocycles. The second-order valence-corrected chi connectivity index (χ2v) is 7.00. The molecule has 3 aromatic rings. The van der Waals surface area contributed by atoms with Gasteiger partial charge < -0.3 is 14.6 Å². The second-order valence-electron chi connectivity index (χ2n) is 6.59. The molecule has 2 heterocycles. The van der Waals surface area contributed by atoms with E-state index in [4.69, 9.17) is 20.9 Å². The van der Waals surface area contributed by atoms with Crippen molar-refractivity contribution in [2.45, 2.75) is 6.54 Å². The lowest BCUT2D eigenvalue weighted by atomic mass is 10.1. The van der Waals surface area contributed by atoms with Crippen molar-refractivity contribution in [3.05, 3.63) is 70.9 Å². The summed E-state index contributed by atoms with van der Waals surface area (Å²) in [6.07, 6.45) is 0. The van der Waals surface area contributed by atoms with E-state index in [1.165, 1.54) is 0 Å². The van der Waals surface area contributed by atoms with Crippen molar-refractivity contribution in [1.29, 1.82) is 0 Å². The number of aromatic nitrogens is 1. The van der Waals surface area contributed by atoms with E-state index in [0.29, 0.717) is 16.5 Å². The number of amides is 1. The van der Waals surface area contributed by atoms with Crippen molar-refractivity contribution in [2.24, 2.45) is 0 Å². The first kappa shape index (κ1) is 18.7. The third-order valence-electron chi connectivity index (χ3n) is 4.61. The molecule has 0 bridgehead atoms. The van der Waals surface area contributed by atoms with Crippen LogP contribution in [0.3, 0.4) is 0 Å². The molecule has 6 nitrogen and oxygen atoms in total. The van der Waals surface area contributed by atoms with Crippen LogP contribution in [-0.4, -0.2) is 42.3 Å². The van der Waals surface area contributed by atoms with Crippen LogP contribution in [0.2, 0.25) is 5.02 Å². The fourth-order valence-corrected chi connectivity index (χ4v) is 3.31. The number of benzene rings is 2. The summed E-state index contributed by atoms with van der Waals surface area (Å²) in [5, 5.41) is 7.30. The summed E-state index contributed by atoms with van der Waals surface area (Å²) in [5.41, 5.74) is 2.72. The van der Waals surface area contributed by atoms with Gasteiger partial charge in [0, 0.05) is 42.0 Å². The Morgan fingerprint density at radius 2 is 1.89 bits per heavy atom. The van der Waals surface area contributed by atoms with Crippen LogP contribution >= 0.6 is 11.6 Å². The largest absolute Gasteiger partial charge is 0.379 e. The number of nitrogens with zero attached hydrogens (tertiary/aromatic N) is 2. The molecule has 1 N–H and O–H groups in total. The van der Waals surface area contributed by atoms with Crippen molar-refractivity contribution in [3.8, 4) is 11.3 Å². The minimum atomic E-state index is -0.345. The summed E-state index contributed by atoms with van der Waals surface area (Å²) >= 11 is 6.42. The summed E-state index contributed by atoms with van der Waals surface area (Å²) < 4.78 is 10.7. The van der Waals surface area contributed by atoms with Crippen LogP contribution in [0.4, 0.5) is 5.69 Å². The van der Waals surface area contributed by atoms with Gasteiger partial charge in [0.15, 0.2) is 11.5 Å². The van der Waals surface area contributed by atoms with Crippen LogP contribution in [0.5, 0.6) is 0 Å². The normalized spacial score (nSPS) is 14.8. The minimum absolute atomic E-state index is 0.215. The SMILES string of the molecule is O=C(Nc1ccc(CN2CCOCC2)c(Cl)c1)c1cc(-c2ccccc2)on1. The van der Waals surface area contributed by atoms with Gasteiger partial charge in [-0.25, -0.2) is 0 Å². The van der Waals surface area contributed by atoms with Crippen molar-refractivity contribution >= 4 is 23.2 Å². The molecule has 144 valence electrons. The molecule has 1 aromatic heterocycles. The summed E-state index contributed by atoms with van der Waals surface area (Å²) in [7, 11) is 0. The lowest BCUT2D eigenvalue weighted by molar-refractivity contribution is 0.0342. The van der Waals surface area contributed by atoms with Gasteiger partial charge in [0.2, 0.25) is 0 Å². The highest BCUT2D eigenvalue weighted by molar-refractivity contribution is 6.31. The fraction of sp³-hybridized carbons (Fsp3) is 0.238. The molecule has 2 aromatic carbocycles. The zero-order valence-electron chi connectivity index (χ0n) is 15.2. The molecular formula is C21H20ClN3O3. The van der Waals surface area contributed by atoms with E-state index in [1.807, 2.05) is 42.5 Å². The van der Waals surface area contributed by atoms with Crippen LogP contribution in [0.15, 0.2) is 59.1 Å². The van der Waals surface area contributed by atoms with Gasteiger partial charge in [-0.1, -0.05) is 53.2 Å². The molecule has 1 amide bonds. The smallest absolute Gasteiger partial charge is 0.277 e. The zero-order chi connectivity index (χ0) is 19.3. The Hall–Kier alpha value is -2.67. The Kier molecular flexibility index (Phi) is 5.71. The average molecular weight is 398 g/mol. The standard InChI is InChI=1S/C21H20ClN3O3/c22-18-12-17(7-6-16(18)14-25-8-10-27-11-9-25)23-21(26)19-13-20(28-24-19)15-4-2-1-3-5-15/h1-7,12-13H,8-11,14H2,(H,23,26). The summed E-state index contributed by atoms with van der Waals surface area (Å²) in [6.45, 7) is 4.04. The fourth-order valence-electron chi connectivity index (χ4n) is 3.07. The van der Waals surface area contributed by atoms with E-state index < -0.39 is 0 Å². The topological polar surface area (TPSA) is 67.6 Å². The van der Waals surface area contributed by atoms with Crippen LogP contribution in [0.25, 0.3) is 11.3 Å². The van der Waals surface area contributed by atoms with E-state index >= 15 is 0 Å². The van der Waals surface area contributed by atoms with Crippen molar-refractivity contribution in [3.63, 3.8) is 0 Å². The molecule has 0 radical (unpaired) electrons. The molecule has 4 rings (SSSR count). The maximum atomic E-state index is 12.5. The molecule has 1 saturated heterocycles. The maximum absolute atomic E-state index is 12.5. The van der Waals surface area contributed by atoms with E-state index in [2.05, 4.69) is 15.4 Å². The number of hydrogen-bond donors (Lipinski definition) is 1. The monoisotopic (exact) mass is 397 g/mol. The van der Waals surface area contributed by atoms with E-state index in [0.717, 1.165) is 44.0 Å². The van der Waals surface area contributed by atoms with Gasteiger partial charge >= 0.3 is 0 Å². The average Bonchev–Trinajstić information content (AvgIpc) is 3.22. The Morgan fingerprint density at radius 3 is 2.64 bits per heavy atom. The first-order valence-electron chi connectivity index (χ1n) is 9.11. The van der Waals surface area contributed by atoms with Gasteiger partial charge in [-0.3, -0.25) is 9.69 Å². The number of carbonyl (C=O) groups is 1. The van der Waals surface area contributed by atoms with E-state index in [9.17, 15) is 4.79 Å². The number of anilines is 1. The molecule has 1 aliphatic rings. The highest BCUT2D eigenvalue weighted by Crippen LogP contribution is 2.24. The van der Waals surface area contributed by atoms with Gasteiger partial charge in [-0.15, -0.1) is 0 Å². The van der Waals surface area contributed by atoms with Gasteiger partial charge in [0.05, 0.1) is 13.2 Å². The minimum Gasteiger partial charge on any atom is -0.379 e. The molecule has 28 heavy (non-hydrogen) atoms. The summed E-state index contributed by atoms with van der Waals surface area (Å²) in [5.74, 6) is 0.201. The van der Waals surface area contributed by atoms with Gasteiger partial charge in [0.1, 0.15) is 0 Å². The Morgan fingerprint density at radius 1 is 1.11 bits per heavy atom.